The second kappa shape index (κ2) is 7.65. The number of hydrogen-bond acceptors (Lipinski definition) is 3. The second-order valence-corrected chi connectivity index (χ2v) is 4.63. The topological polar surface area (TPSA) is 75.6 Å². The monoisotopic (exact) mass is 279 g/mol. The number of nitrogens with one attached hydrogen (secondary N) is 1. The smallest absolute Gasteiger partial charge is 0.315 e. The SMILES string of the molecule is CCC(CNC(=O)CCOC)(C(=O)O)c1ccccc1. The molecule has 0 saturated carbocycles. The summed E-state index contributed by atoms with van der Waals surface area (Å²) in [4.78, 5) is 23.3. The largest absolute Gasteiger partial charge is 0.481 e. The predicted molar refractivity (Wildman–Crippen MR) is 75.5 cm³/mol. The fraction of sp³-hybridized carbons (Fsp3) is 0.467. The van der Waals surface area contributed by atoms with Crippen LogP contribution in [0, 0.1) is 0 Å². The fourth-order valence-corrected chi connectivity index (χ4v) is 2.07. The van der Waals surface area contributed by atoms with Gasteiger partial charge in [-0.05, 0) is 12.0 Å². The van der Waals surface area contributed by atoms with E-state index in [1.165, 1.54) is 7.11 Å². The van der Waals surface area contributed by atoms with Crippen LogP contribution in [0.3, 0.4) is 0 Å². The zero-order valence-corrected chi connectivity index (χ0v) is 11.9. The molecule has 0 aliphatic carbocycles. The third kappa shape index (κ3) is 3.81. The number of carboxylic acids is 1. The molecule has 1 atom stereocenters. The predicted octanol–water partition coefficient (Wildman–Crippen LogP) is 1.57. The summed E-state index contributed by atoms with van der Waals surface area (Å²) >= 11 is 0. The summed E-state index contributed by atoms with van der Waals surface area (Å²) in [6.45, 7) is 2.21. The van der Waals surface area contributed by atoms with Gasteiger partial charge in [-0.2, -0.15) is 0 Å². The van der Waals surface area contributed by atoms with Gasteiger partial charge in [0.1, 0.15) is 5.41 Å². The van der Waals surface area contributed by atoms with Gasteiger partial charge in [0.2, 0.25) is 5.91 Å². The van der Waals surface area contributed by atoms with Crippen LogP contribution in [0.2, 0.25) is 0 Å². The minimum absolute atomic E-state index is 0.0748. The van der Waals surface area contributed by atoms with Gasteiger partial charge in [-0.3, -0.25) is 9.59 Å². The van der Waals surface area contributed by atoms with Crippen molar-refractivity contribution in [2.45, 2.75) is 25.2 Å². The molecule has 1 aromatic carbocycles. The molecule has 1 rings (SSSR count). The van der Waals surface area contributed by atoms with Crippen molar-refractivity contribution < 1.29 is 19.4 Å². The zero-order chi connectivity index (χ0) is 15.0. The highest BCUT2D eigenvalue weighted by Crippen LogP contribution is 2.27. The summed E-state index contributed by atoms with van der Waals surface area (Å²) in [5.74, 6) is -1.14. The molecule has 0 heterocycles. The van der Waals surface area contributed by atoms with Crippen LogP contribution < -0.4 is 5.32 Å². The van der Waals surface area contributed by atoms with Gasteiger partial charge in [-0.25, -0.2) is 0 Å². The van der Waals surface area contributed by atoms with E-state index in [1.807, 2.05) is 13.0 Å². The average Bonchev–Trinajstić information content (AvgIpc) is 2.47. The average molecular weight is 279 g/mol. The standard InChI is InChI=1S/C15H21NO4/c1-3-15(14(18)19,12-7-5-4-6-8-12)11-16-13(17)9-10-20-2/h4-8H,3,9-11H2,1-2H3,(H,16,17)(H,18,19). The summed E-state index contributed by atoms with van der Waals surface area (Å²) in [5, 5.41) is 12.3. The molecule has 1 amide bonds. The molecule has 0 spiro atoms. The van der Waals surface area contributed by atoms with Crippen molar-refractivity contribution in [3.63, 3.8) is 0 Å². The van der Waals surface area contributed by atoms with Crippen molar-refractivity contribution >= 4 is 11.9 Å². The first-order valence-corrected chi connectivity index (χ1v) is 6.61. The van der Waals surface area contributed by atoms with Crippen LogP contribution in [0.1, 0.15) is 25.3 Å². The molecule has 0 bridgehead atoms. The molecule has 0 fully saturated rings. The van der Waals surface area contributed by atoms with Crippen molar-refractivity contribution in [3.05, 3.63) is 35.9 Å². The summed E-state index contributed by atoms with van der Waals surface area (Å²) in [7, 11) is 1.52. The Labute approximate surface area is 118 Å². The highest BCUT2D eigenvalue weighted by Gasteiger charge is 2.38. The summed E-state index contributed by atoms with van der Waals surface area (Å²) in [6, 6.07) is 8.99. The Bertz CT molecular complexity index is 446. The molecule has 0 saturated heterocycles. The molecule has 0 aliphatic rings. The van der Waals surface area contributed by atoms with E-state index in [1.54, 1.807) is 24.3 Å². The van der Waals surface area contributed by atoms with Crippen LogP contribution in [0.4, 0.5) is 0 Å². The number of benzene rings is 1. The highest BCUT2D eigenvalue weighted by molar-refractivity contribution is 5.83. The molecule has 0 radical (unpaired) electrons. The zero-order valence-electron chi connectivity index (χ0n) is 11.9. The minimum Gasteiger partial charge on any atom is -0.481 e. The Morgan fingerprint density at radius 3 is 2.45 bits per heavy atom. The van der Waals surface area contributed by atoms with Gasteiger partial charge in [-0.1, -0.05) is 37.3 Å². The van der Waals surface area contributed by atoms with Gasteiger partial charge in [0, 0.05) is 20.1 Å². The van der Waals surface area contributed by atoms with E-state index < -0.39 is 11.4 Å². The molecule has 110 valence electrons. The molecule has 20 heavy (non-hydrogen) atoms. The van der Waals surface area contributed by atoms with E-state index in [2.05, 4.69) is 5.32 Å². The van der Waals surface area contributed by atoms with Crippen molar-refractivity contribution in [1.82, 2.24) is 5.32 Å². The van der Waals surface area contributed by atoms with Crippen molar-refractivity contribution in [3.8, 4) is 0 Å². The number of rotatable bonds is 8. The number of carbonyl (C=O) groups excluding carboxylic acids is 1. The van der Waals surface area contributed by atoms with E-state index in [4.69, 9.17) is 4.74 Å². The first-order chi connectivity index (χ1) is 9.56. The van der Waals surface area contributed by atoms with Gasteiger partial charge >= 0.3 is 5.97 Å². The number of methoxy groups -OCH3 is 1. The molecule has 0 aliphatic heterocycles. The lowest BCUT2D eigenvalue weighted by atomic mass is 9.78. The van der Waals surface area contributed by atoms with Crippen LogP contribution in [0.25, 0.3) is 0 Å². The van der Waals surface area contributed by atoms with Crippen LogP contribution in [0.5, 0.6) is 0 Å². The number of ether oxygens (including phenoxy) is 1. The van der Waals surface area contributed by atoms with E-state index in [9.17, 15) is 14.7 Å². The Balaban J connectivity index is 2.85. The lowest BCUT2D eigenvalue weighted by Gasteiger charge is -2.29. The molecular weight excluding hydrogens is 258 g/mol. The van der Waals surface area contributed by atoms with Crippen molar-refractivity contribution in [2.24, 2.45) is 0 Å². The summed E-state index contributed by atoms with van der Waals surface area (Å²) < 4.78 is 4.83. The summed E-state index contributed by atoms with van der Waals surface area (Å²) in [6.07, 6.45) is 0.627. The molecule has 5 nitrogen and oxygen atoms in total. The van der Waals surface area contributed by atoms with Crippen molar-refractivity contribution in [1.29, 1.82) is 0 Å². The third-order valence-corrected chi connectivity index (χ3v) is 3.46. The quantitative estimate of drug-likeness (QED) is 0.757. The molecule has 1 aromatic rings. The molecule has 0 aromatic heterocycles. The van der Waals surface area contributed by atoms with E-state index >= 15 is 0 Å². The Morgan fingerprint density at radius 1 is 1.30 bits per heavy atom. The van der Waals surface area contributed by atoms with E-state index in [0.717, 1.165) is 0 Å². The van der Waals surface area contributed by atoms with Gasteiger partial charge < -0.3 is 15.2 Å². The maximum absolute atomic E-state index is 11.7. The first kappa shape index (κ1) is 16.2. The van der Waals surface area contributed by atoms with Crippen LogP contribution in [-0.2, 0) is 19.7 Å². The maximum atomic E-state index is 11.7. The number of hydrogen-bond donors (Lipinski definition) is 2. The molecule has 1 unspecified atom stereocenters. The highest BCUT2D eigenvalue weighted by atomic mass is 16.5. The number of aliphatic carboxylic acids is 1. The van der Waals surface area contributed by atoms with Crippen molar-refractivity contribution in [2.75, 3.05) is 20.3 Å². The number of carboxylic acid groups (broad SMARTS) is 1. The molecular formula is C15H21NO4. The Morgan fingerprint density at radius 2 is 1.95 bits per heavy atom. The maximum Gasteiger partial charge on any atom is 0.315 e. The minimum atomic E-state index is -1.09. The normalized spacial score (nSPS) is 13.5. The van der Waals surface area contributed by atoms with E-state index in [0.29, 0.717) is 18.6 Å². The van der Waals surface area contributed by atoms with Gasteiger partial charge in [0.05, 0.1) is 6.61 Å². The second-order valence-electron chi connectivity index (χ2n) is 4.63. The Kier molecular flexibility index (Phi) is 6.18. The lowest BCUT2D eigenvalue weighted by Crippen LogP contribution is -2.46. The third-order valence-electron chi connectivity index (χ3n) is 3.46. The first-order valence-electron chi connectivity index (χ1n) is 6.61. The molecule has 2 N–H and O–H groups in total. The Hall–Kier alpha value is -1.88. The number of amides is 1. The molecule has 5 heteroatoms. The van der Waals surface area contributed by atoms with Gasteiger partial charge in [-0.15, -0.1) is 0 Å². The van der Waals surface area contributed by atoms with Crippen LogP contribution in [-0.4, -0.2) is 37.2 Å². The fourth-order valence-electron chi connectivity index (χ4n) is 2.07. The van der Waals surface area contributed by atoms with Gasteiger partial charge in [0.25, 0.3) is 0 Å². The lowest BCUT2D eigenvalue weighted by molar-refractivity contribution is -0.144. The number of carbonyl (C=O) groups is 2. The van der Waals surface area contributed by atoms with Crippen LogP contribution >= 0.6 is 0 Å². The van der Waals surface area contributed by atoms with Gasteiger partial charge in [0.15, 0.2) is 0 Å². The van der Waals surface area contributed by atoms with E-state index in [-0.39, 0.29) is 18.9 Å². The van der Waals surface area contributed by atoms with Crippen LogP contribution in [0.15, 0.2) is 30.3 Å². The summed E-state index contributed by atoms with van der Waals surface area (Å²) in [5.41, 5.74) is -0.397.